The molecular formula is C24H31NO4. The molecule has 3 rings (SSSR count). The summed E-state index contributed by atoms with van der Waals surface area (Å²) < 4.78 is 5.09. The van der Waals surface area contributed by atoms with E-state index in [0.717, 1.165) is 41.5 Å². The number of likely N-dealkylation sites (tertiary alicyclic amines) is 1. The predicted octanol–water partition coefficient (Wildman–Crippen LogP) is 4.28. The molecule has 0 spiro atoms. The Morgan fingerprint density at radius 1 is 1.17 bits per heavy atom. The summed E-state index contributed by atoms with van der Waals surface area (Å²) in [5.74, 6) is -0.302. The summed E-state index contributed by atoms with van der Waals surface area (Å²) in [5.41, 5.74) is 4.12. The summed E-state index contributed by atoms with van der Waals surface area (Å²) >= 11 is 0. The highest BCUT2D eigenvalue weighted by Crippen LogP contribution is 2.39. The molecule has 2 aliphatic rings. The lowest BCUT2D eigenvalue weighted by atomic mass is 9.83. The zero-order valence-electron chi connectivity index (χ0n) is 17.7. The van der Waals surface area contributed by atoms with Gasteiger partial charge in [-0.25, -0.2) is 4.79 Å². The van der Waals surface area contributed by atoms with E-state index in [4.69, 9.17) is 4.74 Å². The van der Waals surface area contributed by atoms with Gasteiger partial charge in [-0.05, 0) is 62.6 Å². The van der Waals surface area contributed by atoms with Crippen LogP contribution in [0.15, 0.2) is 24.8 Å². The van der Waals surface area contributed by atoms with Crippen molar-refractivity contribution in [2.45, 2.75) is 52.4 Å². The summed E-state index contributed by atoms with van der Waals surface area (Å²) in [7, 11) is 0. The lowest BCUT2D eigenvalue weighted by Gasteiger charge is -2.32. The summed E-state index contributed by atoms with van der Waals surface area (Å²) in [4.78, 5) is 39.6. The highest BCUT2D eigenvalue weighted by Gasteiger charge is 2.44. The van der Waals surface area contributed by atoms with Gasteiger partial charge in [0.2, 0.25) is 0 Å². The number of rotatable bonds is 5. The van der Waals surface area contributed by atoms with Crippen molar-refractivity contribution in [2.75, 3.05) is 19.7 Å². The highest BCUT2D eigenvalue weighted by molar-refractivity contribution is 6.15. The number of Topliss-reactive ketones (excluding diaryl/α,β-unsaturated/α-hetero) is 2. The molecule has 29 heavy (non-hydrogen) atoms. The normalized spacial score (nSPS) is 22.8. The Bertz CT molecular complexity index is 797. The Kier molecular flexibility index (Phi) is 6.56. The van der Waals surface area contributed by atoms with E-state index in [9.17, 15) is 14.4 Å². The fourth-order valence-corrected chi connectivity index (χ4v) is 4.98. The van der Waals surface area contributed by atoms with Crippen LogP contribution in [0.4, 0.5) is 4.79 Å². The lowest BCUT2D eigenvalue weighted by molar-refractivity contribution is -0.125. The number of benzene rings is 1. The Morgan fingerprint density at radius 3 is 2.38 bits per heavy atom. The average Bonchev–Trinajstić information content (AvgIpc) is 2.93. The fourth-order valence-electron chi connectivity index (χ4n) is 4.98. The van der Waals surface area contributed by atoms with Crippen molar-refractivity contribution in [2.24, 2.45) is 11.8 Å². The van der Waals surface area contributed by atoms with E-state index < -0.39 is 5.92 Å². The van der Waals surface area contributed by atoms with Crippen molar-refractivity contribution in [3.63, 3.8) is 0 Å². The van der Waals surface area contributed by atoms with Crippen molar-refractivity contribution < 1.29 is 19.1 Å². The maximum atomic E-state index is 13.2. The van der Waals surface area contributed by atoms with E-state index >= 15 is 0 Å². The molecule has 1 saturated heterocycles. The molecule has 1 aromatic carbocycles. The number of ether oxygens (including phenoxy) is 1. The predicted molar refractivity (Wildman–Crippen MR) is 112 cm³/mol. The number of hydrogen-bond donors (Lipinski definition) is 0. The van der Waals surface area contributed by atoms with Crippen LogP contribution in [0.2, 0.25) is 0 Å². The summed E-state index contributed by atoms with van der Waals surface area (Å²) in [6.45, 7) is 11.0. The SMILES string of the molecule is C=CCOC(=O)N1CCC(CC2CC(=O)C(c3c(C)cc(C)cc3C)C2=O)CC1. The minimum atomic E-state index is -0.602. The van der Waals surface area contributed by atoms with Crippen molar-refractivity contribution in [3.8, 4) is 0 Å². The molecule has 5 nitrogen and oxygen atoms in total. The van der Waals surface area contributed by atoms with Crippen LogP contribution in [0.3, 0.4) is 0 Å². The van der Waals surface area contributed by atoms with Gasteiger partial charge >= 0.3 is 6.09 Å². The van der Waals surface area contributed by atoms with E-state index in [1.165, 1.54) is 0 Å². The first-order chi connectivity index (χ1) is 13.8. The van der Waals surface area contributed by atoms with Gasteiger partial charge in [0.25, 0.3) is 0 Å². The first-order valence-corrected chi connectivity index (χ1v) is 10.5. The third-order valence-corrected chi connectivity index (χ3v) is 6.30. The van der Waals surface area contributed by atoms with Gasteiger partial charge in [-0.2, -0.15) is 0 Å². The van der Waals surface area contributed by atoms with E-state index in [1.807, 2.05) is 20.8 Å². The Labute approximate surface area is 173 Å². The Morgan fingerprint density at radius 2 is 1.79 bits per heavy atom. The van der Waals surface area contributed by atoms with Crippen LogP contribution < -0.4 is 0 Å². The third kappa shape index (κ3) is 4.60. The van der Waals surface area contributed by atoms with E-state index in [-0.39, 0.29) is 30.2 Å². The van der Waals surface area contributed by atoms with Crippen LogP contribution in [0.25, 0.3) is 0 Å². The highest BCUT2D eigenvalue weighted by atomic mass is 16.6. The molecule has 1 aliphatic heterocycles. The Balaban J connectivity index is 1.62. The standard InChI is InChI=1S/C24H31NO4/c1-5-10-29-24(28)25-8-6-18(7-9-25)13-19-14-20(26)22(23(19)27)21-16(3)11-15(2)12-17(21)4/h5,11-12,18-19,22H,1,6-10,13-14H2,2-4H3. The van der Waals surface area contributed by atoms with Crippen molar-refractivity contribution in [3.05, 3.63) is 47.0 Å². The smallest absolute Gasteiger partial charge is 0.410 e. The molecule has 1 aromatic rings. The topological polar surface area (TPSA) is 63.7 Å². The van der Waals surface area contributed by atoms with Crippen LogP contribution >= 0.6 is 0 Å². The van der Waals surface area contributed by atoms with E-state index in [1.54, 1.807) is 11.0 Å². The van der Waals surface area contributed by atoms with Crippen LogP contribution in [0, 0.1) is 32.6 Å². The molecule has 2 atom stereocenters. The molecule has 2 unspecified atom stereocenters. The number of ketones is 2. The quantitative estimate of drug-likeness (QED) is 0.550. The number of piperidine rings is 1. The van der Waals surface area contributed by atoms with Gasteiger partial charge in [0.05, 0.1) is 0 Å². The maximum Gasteiger partial charge on any atom is 0.410 e. The molecule has 1 saturated carbocycles. The van der Waals surface area contributed by atoms with Gasteiger partial charge in [-0.3, -0.25) is 9.59 Å². The zero-order valence-corrected chi connectivity index (χ0v) is 17.7. The van der Waals surface area contributed by atoms with Crippen molar-refractivity contribution >= 4 is 17.7 Å². The number of hydrogen-bond acceptors (Lipinski definition) is 4. The molecule has 1 heterocycles. The van der Waals surface area contributed by atoms with Gasteiger partial charge in [-0.15, -0.1) is 0 Å². The third-order valence-electron chi connectivity index (χ3n) is 6.30. The number of carbonyl (C=O) groups is 3. The molecule has 2 fully saturated rings. The van der Waals surface area contributed by atoms with Gasteiger partial charge in [0.15, 0.2) is 5.78 Å². The molecular weight excluding hydrogens is 366 g/mol. The van der Waals surface area contributed by atoms with E-state index in [2.05, 4.69) is 18.7 Å². The summed E-state index contributed by atoms with van der Waals surface area (Å²) in [5, 5.41) is 0. The number of nitrogens with zero attached hydrogens (tertiary/aromatic N) is 1. The monoisotopic (exact) mass is 397 g/mol. The zero-order chi connectivity index (χ0) is 21.1. The second kappa shape index (κ2) is 8.93. The largest absolute Gasteiger partial charge is 0.445 e. The average molecular weight is 398 g/mol. The lowest BCUT2D eigenvalue weighted by Crippen LogP contribution is -2.39. The van der Waals surface area contributed by atoms with Gasteiger partial charge < -0.3 is 9.64 Å². The molecule has 0 bridgehead atoms. The molecule has 0 N–H and O–H groups in total. The number of amides is 1. The summed E-state index contributed by atoms with van der Waals surface area (Å²) in [6, 6.07) is 4.11. The number of carbonyl (C=O) groups excluding carboxylic acids is 3. The minimum Gasteiger partial charge on any atom is -0.445 e. The first kappa shape index (κ1) is 21.3. The van der Waals surface area contributed by atoms with Crippen LogP contribution in [0.5, 0.6) is 0 Å². The van der Waals surface area contributed by atoms with Gasteiger partial charge in [0, 0.05) is 25.4 Å². The maximum absolute atomic E-state index is 13.2. The van der Waals surface area contributed by atoms with Crippen LogP contribution in [-0.4, -0.2) is 42.3 Å². The molecule has 1 aliphatic carbocycles. The molecule has 156 valence electrons. The van der Waals surface area contributed by atoms with Gasteiger partial charge in [0.1, 0.15) is 18.3 Å². The molecule has 1 amide bonds. The number of aryl methyl sites for hydroxylation is 3. The van der Waals surface area contributed by atoms with Crippen molar-refractivity contribution in [1.82, 2.24) is 4.90 Å². The molecule has 0 aromatic heterocycles. The van der Waals surface area contributed by atoms with Crippen LogP contribution in [0.1, 0.15) is 53.9 Å². The molecule has 0 radical (unpaired) electrons. The van der Waals surface area contributed by atoms with Crippen molar-refractivity contribution in [1.29, 1.82) is 0 Å². The molecule has 5 heteroatoms. The van der Waals surface area contributed by atoms with E-state index in [0.29, 0.717) is 25.4 Å². The fraction of sp³-hybridized carbons (Fsp3) is 0.542. The summed E-state index contributed by atoms with van der Waals surface area (Å²) in [6.07, 6.45) is 4.02. The first-order valence-electron chi connectivity index (χ1n) is 10.5. The second-order valence-corrected chi connectivity index (χ2v) is 8.55. The van der Waals surface area contributed by atoms with Crippen LogP contribution in [-0.2, 0) is 14.3 Å². The Hall–Kier alpha value is -2.43. The van der Waals surface area contributed by atoms with Gasteiger partial charge in [-0.1, -0.05) is 30.4 Å². The second-order valence-electron chi connectivity index (χ2n) is 8.55. The minimum absolute atomic E-state index is 0.0560.